The van der Waals surface area contributed by atoms with Crippen LogP contribution >= 0.6 is 0 Å². The number of rotatable bonds is 5. The molecule has 1 amide bonds. The molecule has 0 radical (unpaired) electrons. The van der Waals surface area contributed by atoms with E-state index in [9.17, 15) is 19.7 Å². The molecule has 1 heterocycles. The van der Waals surface area contributed by atoms with Gasteiger partial charge in [-0.2, -0.15) is 0 Å². The van der Waals surface area contributed by atoms with Crippen molar-refractivity contribution in [2.24, 2.45) is 0 Å². The Labute approximate surface area is 149 Å². The van der Waals surface area contributed by atoms with E-state index in [1.807, 2.05) is 30.3 Å². The molecule has 2 rings (SSSR count). The number of hydrogen-bond acceptors (Lipinski definition) is 5. The Bertz CT molecular complexity index is 910. The molecule has 0 fully saturated rings. The Morgan fingerprint density at radius 1 is 1.35 bits per heavy atom. The zero-order valence-electron chi connectivity index (χ0n) is 14.1. The van der Waals surface area contributed by atoms with Crippen molar-refractivity contribution >= 4 is 11.8 Å². The monoisotopic (exact) mass is 355 g/mol. The van der Waals surface area contributed by atoms with Crippen molar-refractivity contribution in [3.05, 3.63) is 73.7 Å². The van der Waals surface area contributed by atoms with Crippen LogP contribution in [0.4, 0.5) is 10.5 Å². The molecular weight excluding hydrogens is 338 g/mol. The number of benzene rings is 1. The van der Waals surface area contributed by atoms with Crippen LogP contribution in [-0.2, 0) is 11.3 Å². The van der Waals surface area contributed by atoms with Crippen molar-refractivity contribution in [2.45, 2.75) is 20.0 Å². The molecule has 0 aliphatic rings. The summed E-state index contributed by atoms with van der Waals surface area (Å²) in [4.78, 5) is 35.5. The Balaban J connectivity index is 1.82. The number of ether oxygens (including phenoxy) is 1. The number of aromatic amines is 1. The third-order valence-corrected chi connectivity index (χ3v) is 3.46. The highest BCUT2D eigenvalue weighted by Gasteiger charge is 2.18. The summed E-state index contributed by atoms with van der Waals surface area (Å²) >= 11 is 0. The molecule has 26 heavy (non-hydrogen) atoms. The highest BCUT2D eigenvalue weighted by molar-refractivity contribution is 5.67. The predicted molar refractivity (Wildman–Crippen MR) is 94.6 cm³/mol. The topological polar surface area (TPSA) is 114 Å². The maximum absolute atomic E-state index is 11.6. The molecule has 1 aromatic heterocycles. The highest BCUT2D eigenvalue weighted by atomic mass is 16.6. The van der Waals surface area contributed by atoms with Gasteiger partial charge in [0.1, 0.15) is 6.61 Å². The van der Waals surface area contributed by atoms with Crippen LogP contribution in [0.2, 0.25) is 0 Å². The number of hydrogen-bond donors (Lipinski definition) is 2. The van der Waals surface area contributed by atoms with Crippen molar-refractivity contribution in [2.75, 3.05) is 6.54 Å². The largest absolute Gasteiger partial charge is 0.445 e. The van der Waals surface area contributed by atoms with Crippen molar-refractivity contribution in [3.63, 3.8) is 0 Å². The molecule has 0 saturated carbocycles. The summed E-state index contributed by atoms with van der Waals surface area (Å²) < 4.78 is 5.05. The number of nitrogens with zero attached hydrogens (tertiary/aromatic N) is 1. The number of nitro groups is 1. The van der Waals surface area contributed by atoms with Gasteiger partial charge in [0.2, 0.25) is 0 Å². The number of nitrogens with one attached hydrogen (secondary N) is 2. The first kappa shape index (κ1) is 18.7. The molecule has 0 bridgehead atoms. The Hall–Kier alpha value is -3.60. The summed E-state index contributed by atoms with van der Waals surface area (Å²) in [5.41, 5.74) is 0.183. The lowest BCUT2D eigenvalue weighted by atomic mass is 10.1. The van der Waals surface area contributed by atoms with Gasteiger partial charge < -0.3 is 15.0 Å². The van der Waals surface area contributed by atoms with Crippen LogP contribution in [0.5, 0.6) is 0 Å². The minimum Gasteiger partial charge on any atom is -0.445 e. The van der Waals surface area contributed by atoms with E-state index in [1.54, 1.807) is 0 Å². The fraction of sp³-hybridized carbons (Fsp3) is 0.222. The van der Waals surface area contributed by atoms with E-state index in [-0.39, 0.29) is 18.7 Å². The number of pyridine rings is 1. The number of amides is 1. The van der Waals surface area contributed by atoms with Gasteiger partial charge in [0.15, 0.2) is 0 Å². The summed E-state index contributed by atoms with van der Waals surface area (Å²) in [6.45, 7) is 1.92. The highest BCUT2D eigenvalue weighted by Crippen LogP contribution is 2.14. The third-order valence-electron chi connectivity index (χ3n) is 3.46. The van der Waals surface area contributed by atoms with E-state index in [2.05, 4.69) is 22.1 Å². The maximum atomic E-state index is 11.6. The average molecular weight is 355 g/mol. The van der Waals surface area contributed by atoms with Gasteiger partial charge in [-0.15, -0.1) is 0 Å². The van der Waals surface area contributed by atoms with Gasteiger partial charge in [-0.05, 0) is 12.5 Å². The summed E-state index contributed by atoms with van der Waals surface area (Å²) in [6, 6.07) is 9.29. The van der Waals surface area contributed by atoms with Crippen LogP contribution in [-0.4, -0.2) is 22.5 Å². The lowest BCUT2D eigenvalue weighted by Crippen LogP contribution is -2.24. The Kier molecular flexibility index (Phi) is 6.51. The molecule has 8 heteroatoms. The average Bonchev–Trinajstić information content (AvgIpc) is 2.62. The van der Waals surface area contributed by atoms with Gasteiger partial charge >= 0.3 is 17.3 Å². The van der Waals surface area contributed by atoms with Crippen LogP contribution in [0.1, 0.15) is 23.1 Å². The molecule has 8 nitrogen and oxygen atoms in total. The van der Waals surface area contributed by atoms with Gasteiger partial charge in [0, 0.05) is 24.7 Å². The minimum absolute atomic E-state index is 0.179. The van der Waals surface area contributed by atoms with E-state index >= 15 is 0 Å². The number of aromatic nitrogens is 1. The predicted octanol–water partition coefficient (Wildman–Crippen LogP) is 2.26. The zero-order valence-corrected chi connectivity index (χ0v) is 14.1. The summed E-state index contributed by atoms with van der Waals surface area (Å²) in [7, 11) is 0. The third kappa shape index (κ3) is 5.21. The lowest BCUT2D eigenvalue weighted by molar-refractivity contribution is -0.386. The number of H-pyrrole nitrogens is 1. The normalized spacial score (nSPS) is 9.73. The van der Waals surface area contributed by atoms with Crippen LogP contribution in [0.25, 0.3) is 0 Å². The molecule has 0 atom stereocenters. The van der Waals surface area contributed by atoms with E-state index in [4.69, 9.17) is 4.74 Å². The van der Waals surface area contributed by atoms with Crippen molar-refractivity contribution < 1.29 is 14.5 Å². The van der Waals surface area contributed by atoms with E-state index < -0.39 is 22.3 Å². The van der Waals surface area contributed by atoms with E-state index in [0.717, 1.165) is 5.56 Å². The molecule has 134 valence electrons. The fourth-order valence-corrected chi connectivity index (χ4v) is 2.12. The molecule has 2 aromatic rings. The smallest absolute Gasteiger partial charge is 0.407 e. The van der Waals surface area contributed by atoms with Gasteiger partial charge in [0.25, 0.3) is 0 Å². The van der Waals surface area contributed by atoms with Crippen LogP contribution in [0.15, 0.2) is 41.3 Å². The van der Waals surface area contributed by atoms with Gasteiger partial charge in [-0.3, -0.25) is 14.9 Å². The molecule has 1 aromatic carbocycles. The van der Waals surface area contributed by atoms with Crippen molar-refractivity contribution in [1.29, 1.82) is 0 Å². The quantitative estimate of drug-likeness (QED) is 0.369. The van der Waals surface area contributed by atoms with Gasteiger partial charge in [-0.25, -0.2) is 4.79 Å². The molecular formula is C18H17N3O5. The second kappa shape index (κ2) is 9.03. The maximum Gasteiger partial charge on any atom is 0.407 e. The molecule has 0 aliphatic heterocycles. The van der Waals surface area contributed by atoms with Crippen LogP contribution < -0.4 is 10.9 Å². The molecule has 2 N–H and O–H groups in total. The SMILES string of the molecule is Cc1c(C#CCCNC(=O)OCc2ccccc2)c[nH]c(=O)c1[N+](=O)[O-]. The molecule has 0 spiro atoms. The van der Waals surface area contributed by atoms with E-state index in [0.29, 0.717) is 12.0 Å². The van der Waals surface area contributed by atoms with Gasteiger partial charge in [0.05, 0.1) is 10.5 Å². The first-order valence-corrected chi connectivity index (χ1v) is 7.79. The van der Waals surface area contributed by atoms with E-state index in [1.165, 1.54) is 13.1 Å². The first-order valence-electron chi connectivity index (χ1n) is 7.79. The lowest BCUT2D eigenvalue weighted by Gasteiger charge is -2.05. The van der Waals surface area contributed by atoms with Crippen molar-refractivity contribution in [1.82, 2.24) is 10.3 Å². The molecule has 0 saturated heterocycles. The molecule has 0 aliphatic carbocycles. The molecule has 0 unspecified atom stereocenters. The Morgan fingerprint density at radius 2 is 2.08 bits per heavy atom. The summed E-state index contributed by atoms with van der Waals surface area (Å²) in [5, 5.41) is 13.4. The second-order valence-corrected chi connectivity index (χ2v) is 5.30. The first-order chi connectivity index (χ1) is 12.5. The Morgan fingerprint density at radius 3 is 2.77 bits per heavy atom. The number of carbonyl (C=O) groups is 1. The van der Waals surface area contributed by atoms with Crippen molar-refractivity contribution in [3.8, 4) is 11.8 Å². The fourth-order valence-electron chi connectivity index (χ4n) is 2.12. The van der Waals surface area contributed by atoms with Crippen LogP contribution in [0, 0.1) is 28.9 Å². The van der Waals surface area contributed by atoms with Crippen LogP contribution in [0.3, 0.4) is 0 Å². The number of alkyl carbamates (subject to hydrolysis) is 1. The van der Waals surface area contributed by atoms with Gasteiger partial charge in [-0.1, -0.05) is 42.2 Å². The second-order valence-electron chi connectivity index (χ2n) is 5.30. The minimum atomic E-state index is -0.763. The standard InChI is InChI=1S/C18H17N3O5/c1-13-15(11-20-17(22)16(13)21(24)25)9-5-6-10-19-18(23)26-12-14-7-3-2-4-8-14/h2-4,7-8,11H,6,10,12H2,1H3,(H,19,23)(H,20,22). The zero-order chi connectivity index (χ0) is 18.9. The summed E-state index contributed by atoms with van der Waals surface area (Å²) in [5.74, 6) is 5.54. The summed E-state index contributed by atoms with van der Waals surface area (Å²) in [6.07, 6.45) is 1.11. The number of carbonyl (C=O) groups excluding carboxylic acids is 1.